The van der Waals surface area contributed by atoms with Crippen LogP contribution in [0.4, 0.5) is 0 Å². The molecule has 23 heavy (non-hydrogen) atoms. The maximum Gasteiger partial charge on any atom is 0.260 e. The third-order valence-corrected chi connectivity index (χ3v) is 4.66. The molecule has 2 rings (SSSR count). The van der Waals surface area contributed by atoms with Gasteiger partial charge in [-0.1, -0.05) is 23.2 Å². The van der Waals surface area contributed by atoms with E-state index in [2.05, 4.69) is 26.9 Å². The lowest BCUT2D eigenvalue weighted by Gasteiger charge is -2.34. The van der Waals surface area contributed by atoms with Gasteiger partial charge in [0.2, 0.25) is 0 Å². The number of nitriles is 1. The fraction of sp³-hybridized carbons (Fsp3) is 0.467. The van der Waals surface area contributed by atoms with Crippen molar-refractivity contribution in [2.75, 3.05) is 39.3 Å². The van der Waals surface area contributed by atoms with Gasteiger partial charge in [0, 0.05) is 44.2 Å². The first kappa shape index (κ1) is 18.3. The Kier molecular flexibility index (Phi) is 6.97. The van der Waals surface area contributed by atoms with Crippen molar-refractivity contribution in [3.05, 3.63) is 26.7 Å². The molecule has 1 aromatic rings. The summed E-state index contributed by atoms with van der Waals surface area (Å²) in [6, 6.07) is 5.37. The smallest absolute Gasteiger partial charge is 0.260 e. The third kappa shape index (κ3) is 5.25. The molecule has 1 aromatic carbocycles. The number of amides is 1. The maximum absolute atomic E-state index is 12.2. The largest absolute Gasteiger partial charge is 0.481 e. The number of carbonyl (C=O) groups excluding carboxylic acids is 1. The summed E-state index contributed by atoms with van der Waals surface area (Å²) in [7, 11) is 0. The number of ether oxygens (including phenoxy) is 1. The number of nitrogens with zero attached hydrogens (tertiary/aromatic N) is 3. The van der Waals surface area contributed by atoms with Crippen molar-refractivity contribution in [2.45, 2.75) is 6.42 Å². The molecule has 0 N–H and O–H groups in total. The number of benzene rings is 1. The van der Waals surface area contributed by atoms with Gasteiger partial charge in [-0.3, -0.25) is 9.69 Å². The molecule has 1 saturated heterocycles. The summed E-state index contributed by atoms with van der Waals surface area (Å²) >= 11 is 15.3. The lowest BCUT2D eigenvalue weighted by molar-refractivity contribution is -0.135. The van der Waals surface area contributed by atoms with E-state index in [9.17, 15) is 4.79 Å². The highest BCUT2D eigenvalue weighted by Crippen LogP contribution is 2.36. The van der Waals surface area contributed by atoms with Gasteiger partial charge in [-0.15, -0.1) is 0 Å². The minimum absolute atomic E-state index is 0.0713. The van der Waals surface area contributed by atoms with Crippen LogP contribution in [0.5, 0.6) is 5.75 Å². The van der Waals surface area contributed by atoms with Crippen molar-refractivity contribution in [1.82, 2.24) is 9.80 Å². The maximum atomic E-state index is 12.2. The summed E-state index contributed by atoms with van der Waals surface area (Å²) in [5.41, 5.74) is 0. The van der Waals surface area contributed by atoms with E-state index in [-0.39, 0.29) is 12.5 Å². The van der Waals surface area contributed by atoms with Crippen LogP contribution in [0.15, 0.2) is 16.6 Å². The molecule has 0 spiro atoms. The number of hydrogen-bond acceptors (Lipinski definition) is 4. The highest BCUT2D eigenvalue weighted by Gasteiger charge is 2.21. The highest BCUT2D eigenvalue weighted by atomic mass is 79.9. The van der Waals surface area contributed by atoms with Crippen LogP contribution in [0.25, 0.3) is 0 Å². The summed E-state index contributed by atoms with van der Waals surface area (Å²) in [5, 5.41) is 9.45. The van der Waals surface area contributed by atoms with Crippen LogP contribution >= 0.6 is 39.1 Å². The van der Waals surface area contributed by atoms with Gasteiger partial charge in [0.1, 0.15) is 0 Å². The van der Waals surface area contributed by atoms with Crippen LogP contribution in [-0.2, 0) is 4.79 Å². The number of piperazine rings is 1. The zero-order chi connectivity index (χ0) is 16.8. The second-order valence-electron chi connectivity index (χ2n) is 5.12. The van der Waals surface area contributed by atoms with Crippen LogP contribution in [-0.4, -0.2) is 55.0 Å². The quantitative estimate of drug-likeness (QED) is 0.733. The molecule has 0 aromatic heterocycles. The molecule has 0 atom stereocenters. The molecular formula is C15H16BrCl2N3O2. The molecule has 8 heteroatoms. The number of rotatable bonds is 5. The standard InChI is InChI=1S/C15H16BrCl2N3O2/c16-12-8-11(17)9-13(18)15(12)23-10-14(22)21-6-4-20(5-7-21)3-1-2-19/h8-9H,1,3-7,10H2. The Morgan fingerprint density at radius 1 is 1.30 bits per heavy atom. The van der Waals surface area contributed by atoms with Gasteiger partial charge < -0.3 is 9.64 Å². The fourth-order valence-electron chi connectivity index (χ4n) is 2.32. The molecule has 0 unspecified atom stereocenters. The molecule has 1 amide bonds. The van der Waals surface area contributed by atoms with Gasteiger partial charge in [0.15, 0.2) is 12.4 Å². The number of hydrogen-bond donors (Lipinski definition) is 0. The van der Waals surface area contributed by atoms with Crippen molar-refractivity contribution in [3.8, 4) is 11.8 Å². The van der Waals surface area contributed by atoms with E-state index in [1.165, 1.54) is 0 Å². The van der Waals surface area contributed by atoms with Gasteiger partial charge >= 0.3 is 0 Å². The molecule has 5 nitrogen and oxygen atoms in total. The topological polar surface area (TPSA) is 56.6 Å². The summed E-state index contributed by atoms with van der Waals surface area (Å²) < 4.78 is 6.16. The van der Waals surface area contributed by atoms with E-state index >= 15 is 0 Å². The zero-order valence-electron chi connectivity index (χ0n) is 12.4. The predicted octanol–water partition coefficient (Wildman–Crippen LogP) is 3.19. The molecule has 1 aliphatic rings. The van der Waals surface area contributed by atoms with E-state index in [4.69, 9.17) is 33.2 Å². The Bertz CT molecular complexity index is 590. The Labute approximate surface area is 153 Å². The SMILES string of the molecule is N#CCCN1CCN(C(=O)COc2c(Cl)cc(Cl)cc2Br)CC1. The fourth-order valence-corrected chi connectivity index (χ4v) is 3.69. The van der Waals surface area contributed by atoms with Crippen LogP contribution in [0.2, 0.25) is 10.0 Å². The summed E-state index contributed by atoms with van der Waals surface area (Å²) in [6.07, 6.45) is 0.514. The molecule has 0 radical (unpaired) electrons. The van der Waals surface area contributed by atoms with Crippen LogP contribution in [0.3, 0.4) is 0 Å². The summed E-state index contributed by atoms with van der Waals surface area (Å²) in [6.45, 7) is 3.52. The molecule has 1 aliphatic heterocycles. The van der Waals surface area contributed by atoms with Crippen LogP contribution in [0, 0.1) is 11.3 Å². The molecular weight excluding hydrogens is 405 g/mol. The van der Waals surface area contributed by atoms with Gasteiger partial charge in [0.05, 0.1) is 15.6 Å². The van der Waals surface area contributed by atoms with E-state index in [0.717, 1.165) is 19.6 Å². The first-order chi connectivity index (χ1) is 11.0. The van der Waals surface area contributed by atoms with Gasteiger partial charge in [0.25, 0.3) is 5.91 Å². The zero-order valence-corrected chi connectivity index (χ0v) is 15.5. The first-order valence-corrected chi connectivity index (χ1v) is 8.70. The van der Waals surface area contributed by atoms with Gasteiger partial charge in [-0.05, 0) is 28.1 Å². The minimum atomic E-state index is -0.0807. The van der Waals surface area contributed by atoms with Crippen molar-refractivity contribution in [2.24, 2.45) is 0 Å². The molecule has 1 fully saturated rings. The van der Waals surface area contributed by atoms with E-state index in [0.29, 0.717) is 39.8 Å². The minimum Gasteiger partial charge on any atom is -0.481 e. The van der Waals surface area contributed by atoms with E-state index < -0.39 is 0 Å². The predicted molar refractivity (Wildman–Crippen MR) is 92.9 cm³/mol. The lowest BCUT2D eigenvalue weighted by atomic mass is 10.3. The molecule has 1 heterocycles. The Morgan fingerprint density at radius 3 is 2.61 bits per heavy atom. The first-order valence-electron chi connectivity index (χ1n) is 7.15. The van der Waals surface area contributed by atoms with E-state index in [1.807, 2.05) is 0 Å². The number of halogens is 3. The lowest BCUT2D eigenvalue weighted by Crippen LogP contribution is -2.50. The van der Waals surface area contributed by atoms with Crippen molar-refractivity contribution in [3.63, 3.8) is 0 Å². The number of carbonyl (C=O) groups is 1. The monoisotopic (exact) mass is 419 g/mol. The Morgan fingerprint density at radius 2 is 2.00 bits per heavy atom. The van der Waals surface area contributed by atoms with Gasteiger partial charge in [-0.25, -0.2) is 0 Å². The second-order valence-corrected chi connectivity index (χ2v) is 6.82. The second kappa shape index (κ2) is 8.74. The van der Waals surface area contributed by atoms with Crippen LogP contribution in [0.1, 0.15) is 6.42 Å². The third-order valence-electron chi connectivity index (χ3n) is 3.57. The molecule has 0 aliphatic carbocycles. The summed E-state index contributed by atoms with van der Waals surface area (Å²) in [5.74, 6) is 0.333. The Hall–Kier alpha value is -1.000. The van der Waals surface area contributed by atoms with E-state index in [1.54, 1.807) is 17.0 Å². The molecule has 124 valence electrons. The molecule has 0 saturated carbocycles. The van der Waals surface area contributed by atoms with Crippen molar-refractivity contribution in [1.29, 1.82) is 5.26 Å². The highest BCUT2D eigenvalue weighted by molar-refractivity contribution is 9.10. The summed E-state index contributed by atoms with van der Waals surface area (Å²) in [4.78, 5) is 16.2. The van der Waals surface area contributed by atoms with Crippen LogP contribution < -0.4 is 4.74 Å². The van der Waals surface area contributed by atoms with Crippen molar-refractivity contribution >= 4 is 45.0 Å². The van der Waals surface area contributed by atoms with Gasteiger partial charge in [-0.2, -0.15) is 5.26 Å². The van der Waals surface area contributed by atoms with Crippen molar-refractivity contribution < 1.29 is 9.53 Å². The average Bonchev–Trinajstić information content (AvgIpc) is 2.52. The molecule has 0 bridgehead atoms. The Balaban J connectivity index is 1.84. The average molecular weight is 421 g/mol. The normalized spacial score (nSPS) is 15.3.